The smallest absolute Gasteiger partial charge is 0.323 e. The predicted octanol–water partition coefficient (Wildman–Crippen LogP) is 3.52. The molecule has 3 aliphatic rings. The van der Waals surface area contributed by atoms with Gasteiger partial charge in [0.25, 0.3) is 5.91 Å². The first-order chi connectivity index (χ1) is 17.6. The lowest BCUT2D eigenvalue weighted by Gasteiger charge is -2.34. The Hall–Kier alpha value is -3.59. The minimum atomic E-state index is -0.403. The third-order valence-corrected chi connectivity index (χ3v) is 6.88. The number of hydrogen-bond acceptors (Lipinski definition) is 8. The van der Waals surface area contributed by atoms with Crippen LogP contribution in [-0.2, 0) is 14.3 Å². The average Bonchev–Trinajstić information content (AvgIpc) is 3.56. The number of ether oxygens (including phenoxy) is 4. The summed E-state index contributed by atoms with van der Waals surface area (Å²) >= 11 is 0. The highest BCUT2D eigenvalue weighted by Gasteiger charge is 2.37. The normalized spacial score (nSPS) is 21.3. The van der Waals surface area contributed by atoms with Gasteiger partial charge in [0, 0.05) is 6.42 Å². The molecule has 3 aliphatic heterocycles. The van der Waals surface area contributed by atoms with Gasteiger partial charge in [0.1, 0.15) is 11.8 Å². The lowest BCUT2D eigenvalue weighted by Crippen LogP contribution is -2.49. The molecular weight excluding hydrogens is 462 g/mol. The van der Waals surface area contributed by atoms with E-state index in [1.165, 1.54) is 0 Å². The molecule has 1 saturated heterocycles. The van der Waals surface area contributed by atoms with Crippen LogP contribution in [0.5, 0.6) is 17.2 Å². The number of carbonyl (C=O) groups excluding carboxylic acids is 2. The molecule has 0 N–H and O–H groups in total. The van der Waals surface area contributed by atoms with Crippen molar-refractivity contribution in [1.29, 1.82) is 0 Å². The second-order valence-corrected chi connectivity index (χ2v) is 9.08. The maximum atomic E-state index is 13.7. The monoisotopic (exact) mass is 493 g/mol. The number of hydrogen-bond donors (Lipinski definition) is 0. The lowest BCUT2D eigenvalue weighted by molar-refractivity contribution is -0.152. The van der Waals surface area contributed by atoms with Crippen LogP contribution in [0, 0.1) is 0 Å². The molecule has 3 heterocycles. The van der Waals surface area contributed by atoms with Crippen LogP contribution < -0.4 is 14.2 Å². The first-order valence-electron chi connectivity index (χ1n) is 12.4. The molecule has 190 valence electrons. The highest BCUT2D eigenvalue weighted by atomic mass is 16.7. The van der Waals surface area contributed by atoms with Crippen molar-refractivity contribution in [3.8, 4) is 17.2 Å². The highest BCUT2D eigenvalue weighted by molar-refractivity contribution is 6.03. The number of amides is 1. The molecule has 2 aromatic carbocycles. The predicted molar refractivity (Wildman–Crippen MR) is 132 cm³/mol. The van der Waals surface area contributed by atoms with Gasteiger partial charge in [-0.15, -0.1) is 0 Å². The number of nitrogens with zero attached hydrogens (tertiary/aromatic N) is 3. The molecule has 9 nitrogen and oxygen atoms in total. The van der Waals surface area contributed by atoms with Gasteiger partial charge in [-0.3, -0.25) is 14.5 Å². The molecule has 1 amide bonds. The van der Waals surface area contributed by atoms with E-state index in [0.717, 1.165) is 35.4 Å². The fourth-order valence-corrected chi connectivity index (χ4v) is 5.01. The van der Waals surface area contributed by atoms with Crippen molar-refractivity contribution in [1.82, 2.24) is 9.91 Å². The second kappa shape index (κ2) is 10.6. The number of fused-ring (bicyclic) bond motifs is 1. The number of methoxy groups -OCH3 is 1. The standard InChI is InChI=1S/C27H31N3O6/c1-3-34-27(32)22-6-4-5-13-29(22)16-26(31)30-23(19-9-12-24-25(14-19)36-17-35-24)15-21(28-30)18-7-10-20(33-2)11-8-18/h7-12,14,22-23H,3-6,13,15-17H2,1-2H3/t22-,23-/m0/s1. The molecule has 36 heavy (non-hydrogen) atoms. The Morgan fingerprint density at radius 3 is 2.67 bits per heavy atom. The van der Waals surface area contributed by atoms with E-state index in [4.69, 9.17) is 24.0 Å². The van der Waals surface area contributed by atoms with Crippen LogP contribution in [0.2, 0.25) is 0 Å². The summed E-state index contributed by atoms with van der Waals surface area (Å²) in [6.45, 7) is 3.08. The molecule has 2 aromatic rings. The zero-order valence-electron chi connectivity index (χ0n) is 20.6. The topological polar surface area (TPSA) is 89.9 Å². The Morgan fingerprint density at radius 2 is 1.89 bits per heavy atom. The molecule has 5 rings (SSSR count). The van der Waals surface area contributed by atoms with Crippen LogP contribution >= 0.6 is 0 Å². The lowest BCUT2D eigenvalue weighted by atomic mass is 9.97. The molecule has 1 fully saturated rings. The Labute approximate surface area is 210 Å². The minimum absolute atomic E-state index is 0.101. The summed E-state index contributed by atoms with van der Waals surface area (Å²) in [5.41, 5.74) is 2.66. The number of esters is 1. The number of likely N-dealkylation sites (tertiary alicyclic amines) is 1. The summed E-state index contributed by atoms with van der Waals surface area (Å²) in [7, 11) is 1.63. The van der Waals surface area contributed by atoms with Crippen LogP contribution in [-0.4, -0.2) is 67.1 Å². The van der Waals surface area contributed by atoms with Gasteiger partial charge in [-0.05, 0) is 73.8 Å². The largest absolute Gasteiger partial charge is 0.497 e. The Balaban J connectivity index is 1.41. The summed E-state index contributed by atoms with van der Waals surface area (Å²) < 4.78 is 21.6. The number of benzene rings is 2. The summed E-state index contributed by atoms with van der Waals surface area (Å²) in [4.78, 5) is 28.2. The molecule has 0 unspecified atom stereocenters. The van der Waals surface area contributed by atoms with E-state index in [-0.39, 0.29) is 31.3 Å². The number of piperidine rings is 1. The SMILES string of the molecule is CCOC(=O)[C@@H]1CCCCN1CC(=O)N1N=C(c2ccc(OC)cc2)C[C@H]1c1ccc2c(c1)OCO2. The highest BCUT2D eigenvalue weighted by Crippen LogP contribution is 2.39. The van der Waals surface area contributed by atoms with E-state index >= 15 is 0 Å². The van der Waals surface area contributed by atoms with Gasteiger partial charge < -0.3 is 18.9 Å². The Morgan fingerprint density at radius 1 is 1.08 bits per heavy atom. The van der Waals surface area contributed by atoms with Gasteiger partial charge in [-0.1, -0.05) is 12.5 Å². The molecule has 9 heteroatoms. The van der Waals surface area contributed by atoms with E-state index in [1.54, 1.807) is 19.0 Å². The fraction of sp³-hybridized carbons (Fsp3) is 0.444. The van der Waals surface area contributed by atoms with Crippen LogP contribution in [0.4, 0.5) is 0 Å². The maximum absolute atomic E-state index is 13.7. The van der Waals surface area contributed by atoms with Crippen molar-refractivity contribution in [2.45, 2.75) is 44.7 Å². The number of hydrazone groups is 1. The number of rotatable bonds is 7. The van der Waals surface area contributed by atoms with Gasteiger partial charge in [0.05, 0.1) is 32.0 Å². The minimum Gasteiger partial charge on any atom is -0.497 e. The van der Waals surface area contributed by atoms with Crippen LogP contribution in [0.1, 0.15) is 49.8 Å². The molecule has 0 spiro atoms. The van der Waals surface area contributed by atoms with Crippen LogP contribution in [0.3, 0.4) is 0 Å². The molecule has 0 saturated carbocycles. The molecule has 2 atom stereocenters. The van der Waals surface area contributed by atoms with E-state index < -0.39 is 6.04 Å². The summed E-state index contributed by atoms with van der Waals surface area (Å²) in [5.74, 6) is 1.69. The van der Waals surface area contributed by atoms with Gasteiger partial charge in [-0.25, -0.2) is 5.01 Å². The van der Waals surface area contributed by atoms with Gasteiger partial charge in [-0.2, -0.15) is 5.10 Å². The average molecular weight is 494 g/mol. The van der Waals surface area contributed by atoms with Crippen molar-refractivity contribution < 1.29 is 28.5 Å². The van der Waals surface area contributed by atoms with E-state index in [1.807, 2.05) is 47.4 Å². The molecule has 0 aliphatic carbocycles. The summed E-state index contributed by atoms with van der Waals surface area (Å²) in [6, 6.07) is 12.7. The van der Waals surface area contributed by atoms with Gasteiger partial charge >= 0.3 is 5.97 Å². The first-order valence-corrected chi connectivity index (χ1v) is 12.4. The maximum Gasteiger partial charge on any atom is 0.323 e. The van der Waals surface area contributed by atoms with E-state index in [0.29, 0.717) is 37.5 Å². The zero-order valence-corrected chi connectivity index (χ0v) is 20.6. The van der Waals surface area contributed by atoms with Crippen LogP contribution in [0.25, 0.3) is 0 Å². The molecular formula is C27H31N3O6. The van der Waals surface area contributed by atoms with Crippen molar-refractivity contribution in [2.75, 3.05) is 33.6 Å². The summed E-state index contributed by atoms with van der Waals surface area (Å²) in [5, 5.41) is 6.34. The zero-order chi connectivity index (χ0) is 25.1. The van der Waals surface area contributed by atoms with Crippen molar-refractivity contribution in [2.24, 2.45) is 5.10 Å². The van der Waals surface area contributed by atoms with Gasteiger partial charge in [0.15, 0.2) is 11.5 Å². The van der Waals surface area contributed by atoms with E-state index in [2.05, 4.69) is 0 Å². The Kier molecular flexibility index (Phi) is 7.09. The van der Waals surface area contributed by atoms with Crippen molar-refractivity contribution >= 4 is 17.6 Å². The summed E-state index contributed by atoms with van der Waals surface area (Å²) in [6.07, 6.45) is 3.13. The fourth-order valence-electron chi connectivity index (χ4n) is 5.01. The van der Waals surface area contributed by atoms with Gasteiger partial charge in [0.2, 0.25) is 6.79 Å². The number of carbonyl (C=O) groups is 2. The first kappa shape index (κ1) is 24.1. The van der Waals surface area contributed by atoms with Crippen molar-refractivity contribution in [3.05, 3.63) is 53.6 Å². The third kappa shape index (κ3) is 4.88. The molecule has 0 aromatic heterocycles. The van der Waals surface area contributed by atoms with Crippen LogP contribution in [0.15, 0.2) is 47.6 Å². The van der Waals surface area contributed by atoms with E-state index in [9.17, 15) is 9.59 Å². The molecule has 0 bridgehead atoms. The second-order valence-electron chi connectivity index (χ2n) is 9.08. The van der Waals surface area contributed by atoms with Crippen molar-refractivity contribution in [3.63, 3.8) is 0 Å². The third-order valence-electron chi connectivity index (χ3n) is 6.88. The Bertz CT molecular complexity index is 1150. The quantitative estimate of drug-likeness (QED) is 0.545. The molecule has 0 radical (unpaired) electrons.